The van der Waals surface area contributed by atoms with Crippen LogP contribution in [0.5, 0.6) is 11.5 Å². The van der Waals surface area contributed by atoms with E-state index in [9.17, 15) is 4.79 Å². The van der Waals surface area contributed by atoms with Crippen molar-refractivity contribution in [1.82, 2.24) is 15.3 Å². The molecule has 0 fully saturated rings. The number of carbonyl (C=O) groups excluding carboxylic acids is 1. The Bertz CT molecular complexity index is 1280. The highest BCUT2D eigenvalue weighted by Crippen LogP contribution is 2.34. The van der Waals surface area contributed by atoms with Gasteiger partial charge in [-0.1, -0.05) is 35.3 Å². The number of amides is 1. The number of carbonyl (C=O) groups is 1. The lowest BCUT2D eigenvalue weighted by molar-refractivity contribution is 0.0950. The second kappa shape index (κ2) is 11.3. The Hall–Kier alpha value is -3.13. The molecule has 0 bridgehead atoms. The number of aromatic nitrogens is 2. The minimum Gasteiger partial charge on any atom is -0.493 e. The minimum absolute atomic E-state index is 0.217. The molecule has 0 unspecified atom stereocenters. The lowest BCUT2D eigenvalue weighted by Crippen LogP contribution is -2.26. The monoisotopic (exact) mass is 513 g/mol. The van der Waals surface area contributed by atoms with E-state index < -0.39 is 0 Å². The SMILES string of the molecule is COc1cc(-c2nc(C(=O)NCCc3ccccn3)cs2)ccc1OCc1ccc(Cl)cc1Cl. The summed E-state index contributed by atoms with van der Waals surface area (Å²) in [4.78, 5) is 21.2. The van der Waals surface area contributed by atoms with Gasteiger partial charge < -0.3 is 14.8 Å². The maximum absolute atomic E-state index is 12.5. The van der Waals surface area contributed by atoms with Gasteiger partial charge in [0.2, 0.25) is 0 Å². The Morgan fingerprint density at radius 2 is 1.97 bits per heavy atom. The molecule has 4 aromatic rings. The van der Waals surface area contributed by atoms with Crippen molar-refractivity contribution in [3.05, 3.63) is 93.2 Å². The van der Waals surface area contributed by atoms with Crippen molar-refractivity contribution in [2.75, 3.05) is 13.7 Å². The quantitative estimate of drug-likeness (QED) is 0.294. The van der Waals surface area contributed by atoms with Crippen LogP contribution >= 0.6 is 34.5 Å². The summed E-state index contributed by atoms with van der Waals surface area (Å²) < 4.78 is 11.4. The average Bonchev–Trinajstić information content (AvgIpc) is 3.35. The molecule has 0 aliphatic carbocycles. The molecule has 174 valence electrons. The standard InChI is InChI=1S/C25H21Cl2N3O3S/c1-32-23-12-16(6-8-22(23)33-14-17-5-7-18(26)13-20(17)27)25-30-21(15-34-25)24(31)29-11-9-19-4-2-3-10-28-19/h2-8,10,12-13,15H,9,11,14H2,1H3,(H,29,31). The lowest BCUT2D eigenvalue weighted by Gasteiger charge is -2.12. The van der Waals surface area contributed by atoms with Crippen molar-refractivity contribution < 1.29 is 14.3 Å². The number of nitrogens with zero attached hydrogens (tertiary/aromatic N) is 2. The third kappa shape index (κ3) is 6.05. The Labute approximate surface area is 211 Å². The van der Waals surface area contributed by atoms with Gasteiger partial charge >= 0.3 is 0 Å². The molecule has 1 amide bonds. The fourth-order valence-electron chi connectivity index (χ4n) is 3.17. The number of hydrogen-bond acceptors (Lipinski definition) is 6. The highest BCUT2D eigenvalue weighted by Gasteiger charge is 2.14. The van der Waals surface area contributed by atoms with Crippen LogP contribution in [0.3, 0.4) is 0 Å². The number of halogens is 2. The van der Waals surface area contributed by atoms with Gasteiger partial charge in [0.1, 0.15) is 17.3 Å². The van der Waals surface area contributed by atoms with Gasteiger partial charge in [-0.3, -0.25) is 9.78 Å². The first kappa shape index (κ1) is 24.0. The maximum Gasteiger partial charge on any atom is 0.270 e. The maximum atomic E-state index is 12.5. The Morgan fingerprint density at radius 1 is 1.09 bits per heavy atom. The third-order valence-corrected chi connectivity index (χ3v) is 6.42. The molecule has 34 heavy (non-hydrogen) atoms. The smallest absolute Gasteiger partial charge is 0.270 e. The zero-order valence-corrected chi connectivity index (χ0v) is 20.6. The molecule has 6 nitrogen and oxygen atoms in total. The Morgan fingerprint density at radius 3 is 2.74 bits per heavy atom. The molecule has 9 heteroatoms. The molecule has 0 radical (unpaired) electrons. The molecular formula is C25H21Cl2N3O3S. The number of ether oxygens (including phenoxy) is 2. The van der Waals surface area contributed by atoms with Crippen LogP contribution in [0, 0.1) is 0 Å². The van der Waals surface area contributed by atoms with E-state index >= 15 is 0 Å². The first-order valence-corrected chi connectivity index (χ1v) is 12.1. The van der Waals surface area contributed by atoms with E-state index in [1.165, 1.54) is 11.3 Å². The summed E-state index contributed by atoms with van der Waals surface area (Å²) in [7, 11) is 1.57. The molecule has 0 spiro atoms. The van der Waals surface area contributed by atoms with Gasteiger partial charge in [-0.15, -0.1) is 11.3 Å². The normalized spacial score (nSPS) is 10.7. The number of pyridine rings is 1. The number of hydrogen-bond donors (Lipinski definition) is 1. The first-order valence-electron chi connectivity index (χ1n) is 10.4. The number of thiazole rings is 1. The molecule has 2 aromatic heterocycles. The molecule has 0 atom stereocenters. The summed E-state index contributed by atoms with van der Waals surface area (Å²) in [6, 6.07) is 16.5. The molecule has 0 aliphatic rings. The van der Waals surface area contributed by atoms with Crippen molar-refractivity contribution in [1.29, 1.82) is 0 Å². The zero-order chi connectivity index (χ0) is 23.9. The Balaban J connectivity index is 1.39. The number of methoxy groups -OCH3 is 1. The summed E-state index contributed by atoms with van der Waals surface area (Å²) >= 11 is 13.6. The van der Waals surface area contributed by atoms with Crippen LogP contribution in [-0.2, 0) is 13.0 Å². The van der Waals surface area contributed by atoms with E-state index in [1.54, 1.807) is 30.8 Å². The van der Waals surface area contributed by atoms with Crippen molar-refractivity contribution in [2.24, 2.45) is 0 Å². The molecule has 2 aromatic carbocycles. The van der Waals surface area contributed by atoms with Gasteiger partial charge in [0.05, 0.1) is 7.11 Å². The van der Waals surface area contributed by atoms with E-state index in [0.717, 1.165) is 16.8 Å². The van der Waals surface area contributed by atoms with Gasteiger partial charge in [0.25, 0.3) is 5.91 Å². The van der Waals surface area contributed by atoms with E-state index in [2.05, 4.69) is 15.3 Å². The molecule has 0 saturated heterocycles. The van der Waals surface area contributed by atoms with Gasteiger partial charge in [0, 0.05) is 51.4 Å². The van der Waals surface area contributed by atoms with Gasteiger partial charge in [0.15, 0.2) is 11.5 Å². The third-order valence-electron chi connectivity index (χ3n) is 4.94. The summed E-state index contributed by atoms with van der Waals surface area (Å²) in [6.07, 6.45) is 2.39. The molecule has 4 rings (SSSR count). The average molecular weight is 514 g/mol. The molecule has 0 aliphatic heterocycles. The highest BCUT2D eigenvalue weighted by molar-refractivity contribution is 7.13. The van der Waals surface area contributed by atoms with Crippen LogP contribution in [0.25, 0.3) is 10.6 Å². The fraction of sp³-hybridized carbons (Fsp3) is 0.160. The van der Waals surface area contributed by atoms with E-state index in [-0.39, 0.29) is 12.5 Å². The van der Waals surface area contributed by atoms with Crippen LogP contribution in [0.1, 0.15) is 21.7 Å². The van der Waals surface area contributed by atoms with E-state index in [1.807, 2.05) is 42.5 Å². The van der Waals surface area contributed by atoms with Crippen molar-refractivity contribution >= 4 is 40.4 Å². The molecular weight excluding hydrogens is 493 g/mol. The largest absolute Gasteiger partial charge is 0.493 e. The van der Waals surface area contributed by atoms with Crippen molar-refractivity contribution in [2.45, 2.75) is 13.0 Å². The summed E-state index contributed by atoms with van der Waals surface area (Å²) in [6.45, 7) is 0.756. The molecule has 1 N–H and O–H groups in total. The predicted molar refractivity (Wildman–Crippen MR) is 135 cm³/mol. The summed E-state index contributed by atoms with van der Waals surface area (Å²) in [5.41, 5.74) is 2.94. The second-order valence-electron chi connectivity index (χ2n) is 7.25. The zero-order valence-electron chi connectivity index (χ0n) is 18.3. The van der Waals surface area contributed by atoms with Crippen LogP contribution in [0.4, 0.5) is 0 Å². The first-order chi connectivity index (χ1) is 16.5. The van der Waals surface area contributed by atoms with E-state index in [4.69, 9.17) is 32.7 Å². The highest BCUT2D eigenvalue weighted by atomic mass is 35.5. The van der Waals surface area contributed by atoms with E-state index in [0.29, 0.717) is 45.2 Å². The van der Waals surface area contributed by atoms with Gasteiger partial charge in [-0.25, -0.2) is 4.98 Å². The Kier molecular flexibility index (Phi) is 8.00. The molecule has 0 saturated carbocycles. The van der Waals surface area contributed by atoms with Gasteiger partial charge in [-0.2, -0.15) is 0 Å². The summed E-state index contributed by atoms with van der Waals surface area (Å²) in [5.74, 6) is 0.908. The van der Waals surface area contributed by atoms with Crippen molar-refractivity contribution in [3.8, 4) is 22.1 Å². The fourth-order valence-corrected chi connectivity index (χ4v) is 4.43. The van der Waals surface area contributed by atoms with Crippen molar-refractivity contribution in [3.63, 3.8) is 0 Å². The number of benzene rings is 2. The van der Waals surface area contributed by atoms with Gasteiger partial charge in [-0.05, 0) is 42.5 Å². The minimum atomic E-state index is -0.217. The van der Waals surface area contributed by atoms with Crippen LogP contribution < -0.4 is 14.8 Å². The van der Waals surface area contributed by atoms with Crippen LogP contribution in [0.2, 0.25) is 10.0 Å². The summed E-state index contributed by atoms with van der Waals surface area (Å²) in [5, 5.41) is 6.44. The van der Waals surface area contributed by atoms with Crippen LogP contribution in [0.15, 0.2) is 66.2 Å². The van der Waals surface area contributed by atoms with Crippen LogP contribution in [-0.4, -0.2) is 29.5 Å². The number of nitrogens with one attached hydrogen (secondary N) is 1. The second-order valence-corrected chi connectivity index (χ2v) is 8.96. The number of rotatable bonds is 9. The lowest BCUT2D eigenvalue weighted by atomic mass is 10.2. The topological polar surface area (TPSA) is 73.3 Å². The predicted octanol–water partition coefficient (Wildman–Crippen LogP) is 6.07. The molecule has 2 heterocycles.